The van der Waals surface area contributed by atoms with Crippen molar-refractivity contribution in [2.75, 3.05) is 0 Å². The van der Waals surface area contributed by atoms with Crippen molar-refractivity contribution in [3.8, 4) is 5.69 Å². The standard InChI is InChI=1S/C15H18N2O/c1-11-12(10-18)9-17(16-11)14-7-5-13(6-8-14)15(2,3)4/h5-10H,1-4H3. The first-order chi connectivity index (χ1) is 8.41. The van der Waals surface area contributed by atoms with Crippen molar-refractivity contribution in [1.82, 2.24) is 9.78 Å². The first-order valence-electron chi connectivity index (χ1n) is 6.04. The van der Waals surface area contributed by atoms with Crippen LogP contribution in [0.4, 0.5) is 0 Å². The summed E-state index contributed by atoms with van der Waals surface area (Å²) < 4.78 is 1.74. The third-order valence-electron chi connectivity index (χ3n) is 3.06. The van der Waals surface area contributed by atoms with Crippen molar-refractivity contribution in [3.05, 3.63) is 47.3 Å². The fourth-order valence-electron chi connectivity index (χ4n) is 1.84. The number of aldehydes is 1. The molecule has 0 aliphatic carbocycles. The Morgan fingerprint density at radius 2 is 1.78 bits per heavy atom. The SMILES string of the molecule is Cc1nn(-c2ccc(C(C)(C)C)cc2)cc1C=O. The van der Waals surface area contributed by atoms with E-state index in [0.29, 0.717) is 5.56 Å². The largest absolute Gasteiger partial charge is 0.298 e. The zero-order valence-corrected chi connectivity index (χ0v) is 11.3. The molecule has 0 fully saturated rings. The van der Waals surface area contributed by atoms with Crippen LogP contribution in [0.2, 0.25) is 0 Å². The molecule has 0 N–H and O–H groups in total. The van der Waals surface area contributed by atoms with Gasteiger partial charge in [0.1, 0.15) is 0 Å². The minimum absolute atomic E-state index is 0.145. The number of hydrogen-bond donors (Lipinski definition) is 0. The van der Waals surface area contributed by atoms with Crippen LogP contribution >= 0.6 is 0 Å². The van der Waals surface area contributed by atoms with Gasteiger partial charge < -0.3 is 0 Å². The lowest BCUT2D eigenvalue weighted by molar-refractivity contribution is 0.112. The third-order valence-corrected chi connectivity index (χ3v) is 3.06. The molecule has 1 heterocycles. The highest BCUT2D eigenvalue weighted by atomic mass is 16.1. The summed E-state index contributed by atoms with van der Waals surface area (Å²) in [5.74, 6) is 0. The van der Waals surface area contributed by atoms with Gasteiger partial charge in [0.15, 0.2) is 6.29 Å². The predicted molar refractivity (Wildman–Crippen MR) is 72.4 cm³/mol. The molecule has 2 aromatic rings. The molecule has 3 nitrogen and oxygen atoms in total. The lowest BCUT2D eigenvalue weighted by atomic mass is 9.87. The number of carbonyl (C=O) groups is 1. The van der Waals surface area contributed by atoms with Crippen molar-refractivity contribution < 1.29 is 4.79 Å². The molecule has 3 heteroatoms. The van der Waals surface area contributed by atoms with E-state index >= 15 is 0 Å². The van der Waals surface area contributed by atoms with Gasteiger partial charge in [0, 0.05) is 6.20 Å². The molecule has 94 valence electrons. The Hall–Kier alpha value is -1.90. The van der Waals surface area contributed by atoms with Crippen molar-refractivity contribution in [2.24, 2.45) is 0 Å². The first kappa shape index (κ1) is 12.6. The van der Waals surface area contributed by atoms with Crippen LogP contribution in [0, 0.1) is 6.92 Å². The van der Waals surface area contributed by atoms with E-state index in [1.165, 1.54) is 5.56 Å². The fraction of sp³-hybridized carbons (Fsp3) is 0.333. The number of aryl methyl sites for hydroxylation is 1. The van der Waals surface area contributed by atoms with E-state index in [-0.39, 0.29) is 5.41 Å². The zero-order valence-electron chi connectivity index (χ0n) is 11.3. The molecule has 0 unspecified atom stereocenters. The Morgan fingerprint density at radius 1 is 1.17 bits per heavy atom. The molecular weight excluding hydrogens is 224 g/mol. The molecule has 2 rings (SSSR count). The van der Waals surface area contributed by atoms with Crippen LogP contribution in [0.3, 0.4) is 0 Å². The summed E-state index contributed by atoms with van der Waals surface area (Å²) in [5.41, 5.74) is 3.79. The van der Waals surface area contributed by atoms with Gasteiger partial charge in [-0.05, 0) is 30.0 Å². The summed E-state index contributed by atoms with van der Waals surface area (Å²) in [6, 6.07) is 8.27. The van der Waals surface area contributed by atoms with E-state index in [1.54, 1.807) is 10.9 Å². The molecular formula is C15H18N2O. The number of aromatic nitrogens is 2. The third kappa shape index (κ3) is 2.35. The maximum Gasteiger partial charge on any atom is 0.153 e. The van der Waals surface area contributed by atoms with E-state index in [9.17, 15) is 4.79 Å². The highest BCUT2D eigenvalue weighted by Gasteiger charge is 2.13. The molecule has 0 atom stereocenters. The summed E-state index contributed by atoms with van der Waals surface area (Å²) >= 11 is 0. The second kappa shape index (κ2) is 4.41. The molecule has 0 amide bonds. The van der Waals surface area contributed by atoms with E-state index < -0.39 is 0 Å². The number of hydrogen-bond acceptors (Lipinski definition) is 2. The number of rotatable bonds is 2. The number of carbonyl (C=O) groups excluding carboxylic acids is 1. The van der Waals surface area contributed by atoms with Gasteiger partial charge in [-0.3, -0.25) is 4.79 Å². The van der Waals surface area contributed by atoms with Crippen LogP contribution < -0.4 is 0 Å². The quantitative estimate of drug-likeness (QED) is 0.757. The van der Waals surface area contributed by atoms with Crippen LogP contribution in [0.5, 0.6) is 0 Å². The Bertz CT molecular complexity index is 559. The summed E-state index contributed by atoms with van der Waals surface area (Å²) in [7, 11) is 0. The van der Waals surface area contributed by atoms with Crippen molar-refractivity contribution in [2.45, 2.75) is 33.1 Å². The summed E-state index contributed by atoms with van der Waals surface area (Å²) in [5, 5.41) is 4.33. The minimum atomic E-state index is 0.145. The Labute approximate surface area is 107 Å². The van der Waals surface area contributed by atoms with Gasteiger partial charge in [-0.1, -0.05) is 32.9 Å². The Balaban J connectivity index is 2.37. The van der Waals surface area contributed by atoms with Crippen molar-refractivity contribution >= 4 is 6.29 Å². The number of nitrogens with zero attached hydrogens (tertiary/aromatic N) is 2. The fourth-order valence-corrected chi connectivity index (χ4v) is 1.84. The molecule has 0 saturated carbocycles. The van der Waals surface area contributed by atoms with Gasteiger partial charge in [0.2, 0.25) is 0 Å². The summed E-state index contributed by atoms with van der Waals surface area (Å²) in [6.45, 7) is 8.39. The highest BCUT2D eigenvalue weighted by Crippen LogP contribution is 2.23. The van der Waals surface area contributed by atoms with Gasteiger partial charge in [-0.2, -0.15) is 5.10 Å². The normalized spacial score (nSPS) is 11.6. The molecule has 1 aromatic heterocycles. The second-order valence-corrected chi connectivity index (χ2v) is 5.53. The molecule has 0 aliphatic heterocycles. The van der Waals surface area contributed by atoms with Crippen molar-refractivity contribution in [3.63, 3.8) is 0 Å². The molecule has 0 spiro atoms. The first-order valence-corrected chi connectivity index (χ1v) is 6.04. The molecule has 18 heavy (non-hydrogen) atoms. The monoisotopic (exact) mass is 242 g/mol. The van der Waals surface area contributed by atoms with Gasteiger partial charge in [0.05, 0.1) is 16.9 Å². The topological polar surface area (TPSA) is 34.9 Å². The van der Waals surface area contributed by atoms with E-state index in [0.717, 1.165) is 17.7 Å². The Morgan fingerprint density at radius 3 is 2.22 bits per heavy atom. The molecule has 0 saturated heterocycles. The smallest absolute Gasteiger partial charge is 0.153 e. The number of benzene rings is 1. The average Bonchev–Trinajstić information content (AvgIpc) is 2.69. The minimum Gasteiger partial charge on any atom is -0.298 e. The zero-order chi connectivity index (χ0) is 13.3. The van der Waals surface area contributed by atoms with Crippen LogP contribution in [0.1, 0.15) is 42.4 Å². The van der Waals surface area contributed by atoms with E-state index in [1.807, 2.05) is 19.1 Å². The van der Waals surface area contributed by atoms with Gasteiger partial charge in [0.25, 0.3) is 0 Å². The van der Waals surface area contributed by atoms with Crippen LogP contribution in [0.25, 0.3) is 5.69 Å². The Kier molecular flexibility index (Phi) is 3.07. The van der Waals surface area contributed by atoms with Gasteiger partial charge in [-0.25, -0.2) is 4.68 Å². The molecule has 0 bridgehead atoms. The van der Waals surface area contributed by atoms with Gasteiger partial charge >= 0.3 is 0 Å². The van der Waals surface area contributed by atoms with Crippen LogP contribution in [-0.2, 0) is 5.41 Å². The molecule has 0 aliphatic rings. The maximum atomic E-state index is 10.8. The summed E-state index contributed by atoms with van der Waals surface area (Å²) in [6.07, 6.45) is 2.59. The highest BCUT2D eigenvalue weighted by molar-refractivity contribution is 5.76. The van der Waals surface area contributed by atoms with Crippen LogP contribution in [-0.4, -0.2) is 16.1 Å². The maximum absolute atomic E-state index is 10.8. The molecule has 0 radical (unpaired) electrons. The molecule has 1 aromatic carbocycles. The lowest BCUT2D eigenvalue weighted by Crippen LogP contribution is -2.10. The average molecular weight is 242 g/mol. The van der Waals surface area contributed by atoms with Gasteiger partial charge in [-0.15, -0.1) is 0 Å². The second-order valence-electron chi connectivity index (χ2n) is 5.53. The predicted octanol–water partition coefficient (Wildman–Crippen LogP) is 3.29. The summed E-state index contributed by atoms with van der Waals surface area (Å²) in [4.78, 5) is 10.8. The van der Waals surface area contributed by atoms with Crippen LogP contribution in [0.15, 0.2) is 30.5 Å². The van der Waals surface area contributed by atoms with E-state index in [4.69, 9.17) is 0 Å². The van der Waals surface area contributed by atoms with Crippen molar-refractivity contribution in [1.29, 1.82) is 0 Å². The van der Waals surface area contributed by atoms with E-state index in [2.05, 4.69) is 38.0 Å². The lowest BCUT2D eigenvalue weighted by Gasteiger charge is -2.19.